The molecule has 84 valence electrons. The van der Waals surface area contributed by atoms with Gasteiger partial charge in [-0.3, -0.25) is 4.79 Å². The van der Waals surface area contributed by atoms with Crippen LogP contribution in [0, 0.1) is 5.41 Å². The first-order valence-corrected chi connectivity index (χ1v) is 6.11. The van der Waals surface area contributed by atoms with Crippen LogP contribution in [-0.2, 0) is 4.79 Å². The molecule has 3 heteroatoms. The fraction of sp³-hybridized carbons (Fsp3) is 0.583. The highest BCUT2D eigenvalue weighted by molar-refractivity contribution is 8.11. The first-order chi connectivity index (χ1) is 7.12. The molecule has 2 nitrogen and oxygen atoms in total. The highest BCUT2D eigenvalue weighted by Crippen LogP contribution is 2.32. The van der Waals surface area contributed by atoms with Crippen LogP contribution in [0.15, 0.2) is 25.3 Å². The minimum absolute atomic E-state index is 0.180. The van der Waals surface area contributed by atoms with Crippen molar-refractivity contribution in [3.05, 3.63) is 25.3 Å². The molecule has 15 heavy (non-hydrogen) atoms. The Kier molecular flexibility index (Phi) is 4.61. The predicted molar refractivity (Wildman–Crippen MR) is 66.5 cm³/mol. The van der Waals surface area contributed by atoms with E-state index in [4.69, 9.17) is 0 Å². The second-order valence-electron chi connectivity index (χ2n) is 4.13. The molecule has 0 aromatic rings. The fourth-order valence-electron chi connectivity index (χ4n) is 1.55. The molecule has 1 atom stereocenters. The standard InChI is InChI=1S/C12H19NOS/c1-4-8-12(3,5-2)11(14)15-13-9-6-7-10-13/h4-5H,1-2,6-10H2,3H3. The summed E-state index contributed by atoms with van der Waals surface area (Å²) in [6.07, 6.45) is 6.58. The second kappa shape index (κ2) is 5.52. The first-order valence-electron chi connectivity index (χ1n) is 5.34. The zero-order chi connectivity index (χ0) is 11.3. The van der Waals surface area contributed by atoms with Crippen molar-refractivity contribution in [3.63, 3.8) is 0 Å². The molecular formula is C12H19NOS. The number of allylic oxidation sites excluding steroid dienone is 2. The van der Waals surface area contributed by atoms with Gasteiger partial charge >= 0.3 is 0 Å². The zero-order valence-electron chi connectivity index (χ0n) is 9.37. The summed E-state index contributed by atoms with van der Waals surface area (Å²) < 4.78 is 2.15. The van der Waals surface area contributed by atoms with Gasteiger partial charge in [0.1, 0.15) is 0 Å². The molecule has 0 aromatic heterocycles. The highest BCUT2D eigenvalue weighted by atomic mass is 32.2. The third kappa shape index (κ3) is 3.21. The largest absolute Gasteiger partial charge is 0.285 e. The molecule has 0 bridgehead atoms. The van der Waals surface area contributed by atoms with Crippen molar-refractivity contribution in [2.45, 2.75) is 26.2 Å². The van der Waals surface area contributed by atoms with Crippen LogP contribution in [0.5, 0.6) is 0 Å². The molecule has 1 saturated heterocycles. The summed E-state index contributed by atoms with van der Waals surface area (Å²) in [5, 5.41) is 0.180. The molecule has 1 rings (SSSR count). The van der Waals surface area contributed by atoms with E-state index in [2.05, 4.69) is 17.5 Å². The summed E-state index contributed by atoms with van der Waals surface area (Å²) in [4.78, 5) is 12.0. The Balaban J connectivity index is 2.55. The maximum atomic E-state index is 12.0. The molecule has 0 aromatic carbocycles. The molecule has 0 N–H and O–H groups in total. The summed E-state index contributed by atoms with van der Waals surface area (Å²) in [5.41, 5.74) is -0.463. The van der Waals surface area contributed by atoms with Crippen LogP contribution in [0.2, 0.25) is 0 Å². The van der Waals surface area contributed by atoms with E-state index in [0.29, 0.717) is 6.42 Å². The third-order valence-electron chi connectivity index (χ3n) is 2.76. The minimum atomic E-state index is -0.463. The van der Waals surface area contributed by atoms with Crippen LogP contribution in [0.25, 0.3) is 0 Å². The average molecular weight is 225 g/mol. The Labute approximate surface area is 96.5 Å². The van der Waals surface area contributed by atoms with Crippen molar-refractivity contribution in [3.8, 4) is 0 Å². The Morgan fingerprint density at radius 3 is 2.53 bits per heavy atom. The normalized spacial score (nSPS) is 20.9. The van der Waals surface area contributed by atoms with Gasteiger partial charge in [0.15, 0.2) is 0 Å². The predicted octanol–water partition coefficient (Wildman–Crippen LogP) is 3.03. The smallest absolute Gasteiger partial charge is 0.213 e. The second-order valence-corrected chi connectivity index (χ2v) is 5.20. The molecule has 0 spiro atoms. The molecular weight excluding hydrogens is 206 g/mol. The Morgan fingerprint density at radius 2 is 2.07 bits per heavy atom. The number of carbonyl (C=O) groups excluding carboxylic acids is 1. The quantitative estimate of drug-likeness (QED) is 0.530. The van der Waals surface area contributed by atoms with Crippen LogP contribution in [0.4, 0.5) is 0 Å². The van der Waals surface area contributed by atoms with E-state index >= 15 is 0 Å². The minimum Gasteiger partial charge on any atom is -0.285 e. The molecule has 0 radical (unpaired) electrons. The lowest BCUT2D eigenvalue weighted by Crippen LogP contribution is -2.26. The van der Waals surface area contributed by atoms with E-state index in [1.807, 2.05) is 6.92 Å². The maximum Gasteiger partial charge on any atom is 0.213 e. The molecule has 0 aliphatic carbocycles. The van der Waals surface area contributed by atoms with Gasteiger partial charge in [0.2, 0.25) is 5.12 Å². The van der Waals surface area contributed by atoms with Crippen molar-refractivity contribution < 1.29 is 4.79 Å². The molecule has 1 unspecified atom stereocenters. The van der Waals surface area contributed by atoms with E-state index in [-0.39, 0.29) is 5.12 Å². The topological polar surface area (TPSA) is 20.3 Å². The van der Waals surface area contributed by atoms with E-state index < -0.39 is 5.41 Å². The van der Waals surface area contributed by atoms with E-state index in [1.54, 1.807) is 12.2 Å². The van der Waals surface area contributed by atoms with E-state index in [0.717, 1.165) is 13.1 Å². The van der Waals surface area contributed by atoms with Gasteiger partial charge in [-0.05, 0) is 38.1 Å². The van der Waals surface area contributed by atoms with Crippen molar-refractivity contribution in [1.82, 2.24) is 4.31 Å². The molecule has 0 amide bonds. The monoisotopic (exact) mass is 225 g/mol. The number of hydrogen-bond acceptors (Lipinski definition) is 3. The van der Waals surface area contributed by atoms with Crippen LogP contribution >= 0.6 is 11.9 Å². The van der Waals surface area contributed by atoms with E-state index in [1.165, 1.54) is 24.8 Å². The average Bonchev–Trinajstić information content (AvgIpc) is 2.70. The lowest BCUT2D eigenvalue weighted by atomic mass is 9.89. The van der Waals surface area contributed by atoms with Gasteiger partial charge in [-0.1, -0.05) is 12.2 Å². The lowest BCUT2D eigenvalue weighted by molar-refractivity contribution is -0.116. The van der Waals surface area contributed by atoms with Crippen LogP contribution < -0.4 is 0 Å². The van der Waals surface area contributed by atoms with Crippen molar-refractivity contribution in [2.24, 2.45) is 5.41 Å². The van der Waals surface area contributed by atoms with Gasteiger partial charge in [0.05, 0.1) is 5.41 Å². The molecule has 1 aliphatic rings. The van der Waals surface area contributed by atoms with Gasteiger partial charge in [-0.25, -0.2) is 4.31 Å². The number of rotatable bonds is 5. The Hall–Kier alpha value is -0.540. The molecule has 1 fully saturated rings. The van der Waals surface area contributed by atoms with Gasteiger partial charge < -0.3 is 0 Å². The van der Waals surface area contributed by atoms with Crippen molar-refractivity contribution in [1.29, 1.82) is 0 Å². The Bertz CT molecular complexity index is 258. The van der Waals surface area contributed by atoms with Crippen molar-refractivity contribution >= 4 is 17.1 Å². The molecule has 0 saturated carbocycles. The summed E-state index contributed by atoms with van der Waals surface area (Å²) in [7, 11) is 0. The van der Waals surface area contributed by atoms with Crippen LogP contribution in [0.3, 0.4) is 0 Å². The fourth-order valence-corrected chi connectivity index (χ4v) is 2.60. The van der Waals surface area contributed by atoms with Crippen LogP contribution in [-0.4, -0.2) is 22.5 Å². The summed E-state index contributed by atoms with van der Waals surface area (Å²) in [6.45, 7) is 11.4. The van der Waals surface area contributed by atoms with Crippen LogP contribution in [0.1, 0.15) is 26.2 Å². The van der Waals surface area contributed by atoms with Gasteiger partial charge in [0.25, 0.3) is 0 Å². The number of nitrogens with zero attached hydrogens (tertiary/aromatic N) is 1. The van der Waals surface area contributed by atoms with Crippen molar-refractivity contribution in [2.75, 3.05) is 13.1 Å². The SMILES string of the molecule is C=CCC(C)(C=C)C(=O)SN1CCCC1. The lowest BCUT2D eigenvalue weighted by Gasteiger charge is -2.24. The van der Waals surface area contributed by atoms with Gasteiger partial charge in [0, 0.05) is 13.1 Å². The zero-order valence-corrected chi connectivity index (χ0v) is 10.2. The third-order valence-corrected chi connectivity index (χ3v) is 4.02. The summed E-state index contributed by atoms with van der Waals surface area (Å²) in [6, 6.07) is 0. The summed E-state index contributed by atoms with van der Waals surface area (Å²) in [5.74, 6) is 0. The number of hydrogen-bond donors (Lipinski definition) is 0. The van der Waals surface area contributed by atoms with Gasteiger partial charge in [-0.2, -0.15) is 0 Å². The van der Waals surface area contributed by atoms with Gasteiger partial charge in [-0.15, -0.1) is 13.2 Å². The maximum absolute atomic E-state index is 12.0. The summed E-state index contributed by atoms with van der Waals surface area (Å²) >= 11 is 1.35. The van der Waals surface area contributed by atoms with E-state index in [9.17, 15) is 4.79 Å². The first kappa shape index (κ1) is 12.5. The highest BCUT2D eigenvalue weighted by Gasteiger charge is 2.31. The molecule has 1 aliphatic heterocycles. The number of carbonyl (C=O) groups is 1. The Morgan fingerprint density at radius 1 is 1.47 bits per heavy atom. The molecule has 1 heterocycles.